The van der Waals surface area contributed by atoms with Crippen LogP contribution in [0.4, 0.5) is 5.69 Å². The Kier molecular flexibility index (Phi) is 6.02. The molecule has 3 N–H and O–H groups in total. The zero-order valence-corrected chi connectivity index (χ0v) is 16.9. The van der Waals surface area contributed by atoms with Gasteiger partial charge in [0.2, 0.25) is 5.91 Å². The average molecular weight is 415 g/mol. The maximum Gasteiger partial charge on any atom is 0.266 e. The van der Waals surface area contributed by atoms with E-state index in [2.05, 4.69) is 22.8 Å². The molecule has 0 aliphatic carbocycles. The molecule has 1 saturated heterocycles. The Bertz CT molecular complexity index is 879. The highest BCUT2D eigenvalue weighted by Gasteiger charge is 2.31. The monoisotopic (exact) mass is 414 g/mol. The van der Waals surface area contributed by atoms with Crippen LogP contribution in [-0.4, -0.2) is 37.0 Å². The number of hydrogen-bond acceptors (Lipinski definition) is 3. The lowest BCUT2D eigenvalue weighted by Crippen LogP contribution is -3.12. The van der Waals surface area contributed by atoms with E-state index >= 15 is 0 Å². The van der Waals surface area contributed by atoms with E-state index < -0.39 is 6.10 Å². The smallest absolute Gasteiger partial charge is 0.266 e. The fraction of sp³-hybridized carbons (Fsp3) is 0.364. The van der Waals surface area contributed by atoms with Crippen LogP contribution >= 0.6 is 11.6 Å². The largest absolute Gasteiger partial charge is 0.478 e. The number of amides is 2. The van der Waals surface area contributed by atoms with Crippen LogP contribution < -0.4 is 20.3 Å². The zero-order valence-electron chi connectivity index (χ0n) is 16.1. The summed E-state index contributed by atoms with van der Waals surface area (Å²) in [4.78, 5) is 26.1. The molecule has 7 heteroatoms. The summed E-state index contributed by atoms with van der Waals surface area (Å²) in [5.74, 6) is 0.181. The minimum Gasteiger partial charge on any atom is -0.478 e. The maximum atomic E-state index is 12.5. The van der Waals surface area contributed by atoms with Crippen molar-refractivity contribution >= 4 is 29.1 Å². The average Bonchev–Trinajstić information content (AvgIpc) is 2.72. The summed E-state index contributed by atoms with van der Waals surface area (Å²) >= 11 is 5.94. The third-order valence-electron chi connectivity index (χ3n) is 5.50. The number of piperidine rings is 1. The number of ether oxygens (including phenoxy) is 1. The number of hydrogen-bond donors (Lipinski definition) is 3. The SMILES string of the molecule is O=C(C[C@@H]1Oc2ccccc2NC1=O)NC1CC[NH+](Cc2ccc(Cl)cc2)CC1. The highest BCUT2D eigenvalue weighted by molar-refractivity contribution is 6.30. The Morgan fingerprint density at radius 2 is 1.86 bits per heavy atom. The Hall–Kier alpha value is -2.57. The third-order valence-corrected chi connectivity index (χ3v) is 5.75. The molecule has 6 nitrogen and oxygen atoms in total. The van der Waals surface area contributed by atoms with Gasteiger partial charge in [0.05, 0.1) is 25.2 Å². The highest BCUT2D eigenvalue weighted by Crippen LogP contribution is 2.29. The molecular formula is C22H25ClN3O3+. The van der Waals surface area contributed by atoms with E-state index in [0.29, 0.717) is 11.4 Å². The number of nitrogens with one attached hydrogen (secondary N) is 3. The zero-order chi connectivity index (χ0) is 20.2. The van der Waals surface area contributed by atoms with Crippen molar-refractivity contribution in [3.63, 3.8) is 0 Å². The molecular weight excluding hydrogens is 390 g/mol. The van der Waals surface area contributed by atoms with Gasteiger partial charge in [0.25, 0.3) is 5.91 Å². The van der Waals surface area contributed by atoms with Crippen molar-refractivity contribution in [2.75, 3.05) is 18.4 Å². The summed E-state index contributed by atoms with van der Waals surface area (Å²) in [5.41, 5.74) is 1.91. The molecule has 2 aliphatic heterocycles. The predicted octanol–water partition coefficient (Wildman–Crippen LogP) is 1.79. The molecule has 4 rings (SSSR count). The molecule has 2 heterocycles. The molecule has 2 aromatic rings. The predicted molar refractivity (Wildman–Crippen MR) is 111 cm³/mol. The van der Waals surface area contributed by atoms with E-state index in [4.69, 9.17) is 16.3 Å². The van der Waals surface area contributed by atoms with Crippen LogP contribution in [0.5, 0.6) is 5.75 Å². The summed E-state index contributed by atoms with van der Waals surface area (Å²) in [5, 5.41) is 6.62. The topological polar surface area (TPSA) is 71.9 Å². The second kappa shape index (κ2) is 8.84. The minimum absolute atomic E-state index is 0.0258. The van der Waals surface area contributed by atoms with Crippen LogP contribution in [0.25, 0.3) is 0 Å². The molecule has 1 atom stereocenters. The summed E-state index contributed by atoms with van der Waals surface area (Å²) in [6.07, 6.45) is 1.09. The maximum absolute atomic E-state index is 12.5. The highest BCUT2D eigenvalue weighted by atomic mass is 35.5. The molecule has 2 amide bonds. The summed E-state index contributed by atoms with van der Waals surface area (Å²) in [6, 6.07) is 15.4. The summed E-state index contributed by atoms with van der Waals surface area (Å²) < 4.78 is 5.71. The number of rotatable bonds is 5. The van der Waals surface area contributed by atoms with Crippen molar-refractivity contribution in [3.8, 4) is 5.75 Å². The van der Waals surface area contributed by atoms with Gasteiger partial charge in [-0.3, -0.25) is 9.59 Å². The van der Waals surface area contributed by atoms with Crippen LogP contribution in [0.15, 0.2) is 48.5 Å². The molecule has 152 valence electrons. The van der Waals surface area contributed by atoms with Gasteiger partial charge >= 0.3 is 0 Å². The lowest BCUT2D eigenvalue weighted by Gasteiger charge is -2.30. The van der Waals surface area contributed by atoms with Gasteiger partial charge in [0.1, 0.15) is 12.3 Å². The number of anilines is 1. The van der Waals surface area contributed by atoms with Crippen LogP contribution in [0.2, 0.25) is 5.02 Å². The van der Waals surface area contributed by atoms with E-state index in [1.165, 1.54) is 10.5 Å². The van der Waals surface area contributed by atoms with E-state index in [9.17, 15) is 9.59 Å². The summed E-state index contributed by atoms with van der Waals surface area (Å²) in [7, 11) is 0. The van der Waals surface area contributed by atoms with Crippen LogP contribution in [0.1, 0.15) is 24.8 Å². The quantitative estimate of drug-likeness (QED) is 0.698. The normalized spacial score (nSPS) is 23.5. The molecule has 0 aromatic heterocycles. The van der Waals surface area contributed by atoms with Crippen molar-refractivity contribution in [2.45, 2.75) is 38.0 Å². The van der Waals surface area contributed by atoms with Crippen molar-refractivity contribution < 1.29 is 19.2 Å². The second-order valence-corrected chi connectivity index (χ2v) is 8.13. The fourth-order valence-electron chi connectivity index (χ4n) is 3.92. The molecule has 0 bridgehead atoms. The van der Waals surface area contributed by atoms with Gasteiger partial charge in [0.15, 0.2) is 6.10 Å². The Morgan fingerprint density at radius 1 is 1.14 bits per heavy atom. The molecule has 0 unspecified atom stereocenters. The standard InChI is InChI=1S/C22H24ClN3O3/c23-16-7-5-15(6-8-16)14-26-11-9-17(10-12-26)24-21(27)13-20-22(28)25-18-3-1-2-4-19(18)29-20/h1-8,17,20H,9-14H2,(H,24,27)(H,25,28)/p+1/t20-/m0/s1. The van der Waals surface area contributed by atoms with Crippen molar-refractivity contribution in [1.82, 2.24) is 5.32 Å². The van der Waals surface area contributed by atoms with Gasteiger partial charge < -0.3 is 20.3 Å². The molecule has 1 fully saturated rings. The van der Waals surface area contributed by atoms with Crippen molar-refractivity contribution in [2.24, 2.45) is 0 Å². The van der Waals surface area contributed by atoms with Crippen LogP contribution in [0.3, 0.4) is 0 Å². The summed E-state index contributed by atoms with van der Waals surface area (Å²) in [6.45, 7) is 2.97. The van der Waals surface area contributed by atoms with Gasteiger partial charge in [0, 0.05) is 29.5 Å². The lowest BCUT2D eigenvalue weighted by atomic mass is 10.0. The Morgan fingerprint density at radius 3 is 2.62 bits per heavy atom. The number of halogens is 1. The van der Waals surface area contributed by atoms with Crippen molar-refractivity contribution in [3.05, 3.63) is 59.1 Å². The molecule has 29 heavy (non-hydrogen) atoms. The minimum atomic E-state index is -0.791. The molecule has 0 saturated carbocycles. The van der Waals surface area contributed by atoms with Gasteiger partial charge in [-0.2, -0.15) is 0 Å². The fourth-order valence-corrected chi connectivity index (χ4v) is 4.05. The van der Waals surface area contributed by atoms with Crippen LogP contribution in [-0.2, 0) is 16.1 Å². The molecule has 0 spiro atoms. The first-order valence-corrected chi connectivity index (χ1v) is 10.4. The van der Waals surface area contributed by atoms with Gasteiger partial charge in [-0.1, -0.05) is 35.9 Å². The number of quaternary nitrogens is 1. The number of carbonyl (C=O) groups is 2. The Labute approximate surface area is 175 Å². The molecule has 0 radical (unpaired) electrons. The lowest BCUT2D eigenvalue weighted by molar-refractivity contribution is -0.918. The third kappa shape index (κ3) is 5.08. The molecule has 2 aliphatic rings. The Balaban J connectivity index is 1.23. The first-order valence-electron chi connectivity index (χ1n) is 10.0. The number of fused-ring (bicyclic) bond motifs is 1. The number of likely N-dealkylation sites (tertiary alicyclic amines) is 1. The van der Waals surface area contributed by atoms with Gasteiger partial charge in [-0.15, -0.1) is 0 Å². The first-order chi connectivity index (χ1) is 14.1. The van der Waals surface area contributed by atoms with E-state index in [-0.39, 0.29) is 24.3 Å². The van der Waals surface area contributed by atoms with Gasteiger partial charge in [-0.25, -0.2) is 0 Å². The first kappa shape index (κ1) is 19.7. The van der Waals surface area contributed by atoms with Gasteiger partial charge in [-0.05, 0) is 24.3 Å². The van der Waals surface area contributed by atoms with Crippen molar-refractivity contribution in [1.29, 1.82) is 0 Å². The van der Waals surface area contributed by atoms with E-state index in [1.54, 1.807) is 12.1 Å². The van der Waals surface area contributed by atoms with Crippen LogP contribution in [0, 0.1) is 0 Å². The molecule has 2 aromatic carbocycles. The number of para-hydroxylation sites is 2. The number of benzene rings is 2. The second-order valence-electron chi connectivity index (χ2n) is 7.69. The number of carbonyl (C=O) groups excluding carboxylic acids is 2. The van der Waals surface area contributed by atoms with E-state index in [1.807, 2.05) is 24.3 Å². The van der Waals surface area contributed by atoms with E-state index in [0.717, 1.165) is 37.5 Å².